The first kappa shape index (κ1) is 13.7. The Labute approximate surface area is 117 Å². The fraction of sp³-hybridized carbons (Fsp3) is 0.462. The van der Waals surface area contributed by atoms with Crippen LogP contribution in [0.5, 0.6) is 0 Å². The van der Waals surface area contributed by atoms with Gasteiger partial charge in [0.15, 0.2) is 0 Å². The standard InChI is InChI=1S/C13H16Cl2N2O/c1-16-12-3-2-4-17(8-12)13(18)9-5-10(14)7-11(15)6-9/h5-7,12,16H,2-4,8H2,1H3. The van der Waals surface area contributed by atoms with Crippen molar-refractivity contribution in [2.75, 3.05) is 20.1 Å². The Kier molecular flexibility index (Phi) is 4.49. The van der Waals surface area contributed by atoms with E-state index < -0.39 is 0 Å². The molecule has 1 aliphatic heterocycles. The number of amides is 1. The van der Waals surface area contributed by atoms with E-state index in [1.807, 2.05) is 11.9 Å². The molecule has 1 saturated heterocycles. The van der Waals surface area contributed by atoms with Gasteiger partial charge in [0.1, 0.15) is 0 Å². The molecule has 1 atom stereocenters. The zero-order valence-corrected chi connectivity index (χ0v) is 11.8. The molecule has 1 heterocycles. The van der Waals surface area contributed by atoms with Crippen LogP contribution in [0.1, 0.15) is 23.2 Å². The third kappa shape index (κ3) is 3.16. The van der Waals surface area contributed by atoms with Crippen LogP contribution in [0.25, 0.3) is 0 Å². The number of likely N-dealkylation sites (N-methyl/N-ethyl adjacent to an activating group) is 1. The van der Waals surface area contributed by atoms with Crippen LogP contribution < -0.4 is 5.32 Å². The predicted molar refractivity (Wildman–Crippen MR) is 74.4 cm³/mol. The number of hydrogen-bond acceptors (Lipinski definition) is 2. The summed E-state index contributed by atoms with van der Waals surface area (Å²) in [7, 11) is 1.93. The molecule has 1 unspecified atom stereocenters. The molecular formula is C13H16Cl2N2O. The summed E-state index contributed by atoms with van der Waals surface area (Å²) in [6.07, 6.45) is 2.13. The summed E-state index contributed by atoms with van der Waals surface area (Å²) in [5.41, 5.74) is 0.559. The van der Waals surface area contributed by atoms with Crippen molar-refractivity contribution < 1.29 is 4.79 Å². The van der Waals surface area contributed by atoms with Crippen LogP contribution in [0.2, 0.25) is 10.0 Å². The van der Waals surface area contributed by atoms with Gasteiger partial charge < -0.3 is 10.2 Å². The van der Waals surface area contributed by atoms with Crippen molar-refractivity contribution in [3.63, 3.8) is 0 Å². The van der Waals surface area contributed by atoms with Crippen LogP contribution in [0.15, 0.2) is 18.2 Å². The molecule has 1 fully saturated rings. The molecule has 5 heteroatoms. The van der Waals surface area contributed by atoms with Gasteiger partial charge in [-0.3, -0.25) is 4.79 Å². The number of carbonyl (C=O) groups is 1. The van der Waals surface area contributed by atoms with Gasteiger partial charge in [-0.25, -0.2) is 0 Å². The summed E-state index contributed by atoms with van der Waals surface area (Å²) < 4.78 is 0. The van der Waals surface area contributed by atoms with Crippen LogP contribution in [-0.4, -0.2) is 37.0 Å². The molecule has 0 aliphatic carbocycles. The number of rotatable bonds is 2. The Hall–Kier alpha value is -0.770. The lowest BCUT2D eigenvalue weighted by Gasteiger charge is -2.32. The maximum Gasteiger partial charge on any atom is 0.254 e. The number of likely N-dealkylation sites (tertiary alicyclic amines) is 1. The summed E-state index contributed by atoms with van der Waals surface area (Å²) in [5, 5.41) is 4.20. The van der Waals surface area contributed by atoms with E-state index in [0.717, 1.165) is 25.9 Å². The van der Waals surface area contributed by atoms with E-state index in [2.05, 4.69) is 5.32 Å². The second-order valence-corrected chi connectivity index (χ2v) is 5.41. The van der Waals surface area contributed by atoms with E-state index >= 15 is 0 Å². The molecule has 0 bridgehead atoms. The Morgan fingerprint density at radius 1 is 1.33 bits per heavy atom. The fourth-order valence-corrected chi connectivity index (χ4v) is 2.78. The molecule has 1 N–H and O–H groups in total. The number of hydrogen-bond donors (Lipinski definition) is 1. The molecule has 18 heavy (non-hydrogen) atoms. The Balaban J connectivity index is 2.15. The number of benzene rings is 1. The molecule has 98 valence electrons. The lowest BCUT2D eigenvalue weighted by molar-refractivity contribution is 0.0698. The SMILES string of the molecule is CNC1CCCN(C(=O)c2cc(Cl)cc(Cl)c2)C1. The van der Waals surface area contributed by atoms with Crippen LogP contribution >= 0.6 is 23.2 Å². The number of nitrogens with zero attached hydrogens (tertiary/aromatic N) is 1. The topological polar surface area (TPSA) is 32.3 Å². The minimum absolute atomic E-state index is 0.000602. The van der Waals surface area contributed by atoms with Gasteiger partial charge in [0, 0.05) is 34.7 Å². The average molecular weight is 287 g/mol. The van der Waals surface area contributed by atoms with Gasteiger partial charge in [0.25, 0.3) is 5.91 Å². The average Bonchev–Trinajstić information content (AvgIpc) is 2.37. The Morgan fingerprint density at radius 2 is 2.00 bits per heavy atom. The van der Waals surface area contributed by atoms with E-state index in [9.17, 15) is 4.79 Å². The van der Waals surface area contributed by atoms with Crippen LogP contribution in [-0.2, 0) is 0 Å². The summed E-state index contributed by atoms with van der Waals surface area (Å²) in [4.78, 5) is 14.2. The lowest BCUT2D eigenvalue weighted by Crippen LogP contribution is -2.46. The van der Waals surface area contributed by atoms with Crippen LogP contribution in [0, 0.1) is 0 Å². The van der Waals surface area contributed by atoms with E-state index in [-0.39, 0.29) is 5.91 Å². The smallest absolute Gasteiger partial charge is 0.254 e. The third-order valence-corrected chi connectivity index (χ3v) is 3.66. The number of nitrogens with one attached hydrogen (secondary N) is 1. The molecule has 0 aromatic heterocycles. The molecule has 3 nitrogen and oxygen atoms in total. The lowest BCUT2D eigenvalue weighted by atomic mass is 10.0. The van der Waals surface area contributed by atoms with Crippen molar-refractivity contribution >= 4 is 29.1 Å². The molecule has 1 aromatic rings. The van der Waals surface area contributed by atoms with Gasteiger partial charge >= 0.3 is 0 Å². The zero-order chi connectivity index (χ0) is 13.1. The van der Waals surface area contributed by atoms with Crippen molar-refractivity contribution in [1.29, 1.82) is 0 Å². The van der Waals surface area contributed by atoms with Gasteiger partial charge in [-0.1, -0.05) is 23.2 Å². The van der Waals surface area contributed by atoms with Crippen molar-refractivity contribution in [2.45, 2.75) is 18.9 Å². The summed E-state index contributed by atoms with van der Waals surface area (Å²) >= 11 is 11.8. The molecule has 0 radical (unpaired) electrons. The first-order valence-electron chi connectivity index (χ1n) is 6.03. The van der Waals surface area contributed by atoms with Crippen molar-refractivity contribution in [3.05, 3.63) is 33.8 Å². The highest BCUT2D eigenvalue weighted by Crippen LogP contribution is 2.21. The molecule has 2 rings (SSSR count). The molecule has 0 saturated carbocycles. The largest absolute Gasteiger partial charge is 0.337 e. The normalized spacial score (nSPS) is 19.9. The molecule has 1 aliphatic rings. The van der Waals surface area contributed by atoms with Crippen LogP contribution in [0.3, 0.4) is 0 Å². The van der Waals surface area contributed by atoms with E-state index in [0.29, 0.717) is 21.7 Å². The molecule has 1 aromatic carbocycles. The van der Waals surface area contributed by atoms with Crippen molar-refractivity contribution in [3.8, 4) is 0 Å². The van der Waals surface area contributed by atoms with Gasteiger partial charge in [-0.05, 0) is 38.1 Å². The maximum atomic E-state index is 12.3. The quantitative estimate of drug-likeness (QED) is 0.907. The zero-order valence-electron chi connectivity index (χ0n) is 10.2. The third-order valence-electron chi connectivity index (χ3n) is 3.23. The van der Waals surface area contributed by atoms with Crippen LogP contribution in [0.4, 0.5) is 0 Å². The highest BCUT2D eigenvalue weighted by Gasteiger charge is 2.23. The highest BCUT2D eigenvalue weighted by atomic mass is 35.5. The van der Waals surface area contributed by atoms with E-state index in [4.69, 9.17) is 23.2 Å². The summed E-state index contributed by atoms with van der Waals surface area (Å²) in [5.74, 6) is -0.000602. The highest BCUT2D eigenvalue weighted by molar-refractivity contribution is 6.35. The first-order valence-corrected chi connectivity index (χ1v) is 6.78. The molecular weight excluding hydrogens is 271 g/mol. The van der Waals surface area contributed by atoms with Crippen molar-refractivity contribution in [1.82, 2.24) is 10.2 Å². The second kappa shape index (κ2) is 5.91. The van der Waals surface area contributed by atoms with Gasteiger partial charge in [-0.15, -0.1) is 0 Å². The summed E-state index contributed by atoms with van der Waals surface area (Å²) in [6, 6.07) is 5.33. The van der Waals surface area contributed by atoms with Gasteiger partial charge in [-0.2, -0.15) is 0 Å². The van der Waals surface area contributed by atoms with Gasteiger partial charge in [0.05, 0.1) is 0 Å². The Morgan fingerprint density at radius 3 is 2.61 bits per heavy atom. The minimum atomic E-state index is -0.000602. The Bertz CT molecular complexity index is 430. The minimum Gasteiger partial charge on any atom is -0.337 e. The summed E-state index contributed by atoms with van der Waals surface area (Å²) in [6.45, 7) is 1.53. The van der Waals surface area contributed by atoms with Gasteiger partial charge in [0.2, 0.25) is 0 Å². The fourth-order valence-electron chi connectivity index (χ4n) is 2.26. The van der Waals surface area contributed by atoms with E-state index in [1.165, 1.54) is 0 Å². The number of piperidine rings is 1. The second-order valence-electron chi connectivity index (χ2n) is 4.54. The predicted octanol–water partition coefficient (Wildman–Crippen LogP) is 2.82. The first-order chi connectivity index (χ1) is 8.60. The number of halogens is 2. The maximum absolute atomic E-state index is 12.3. The monoisotopic (exact) mass is 286 g/mol. The molecule has 1 amide bonds. The molecule has 0 spiro atoms. The number of carbonyl (C=O) groups excluding carboxylic acids is 1. The van der Waals surface area contributed by atoms with E-state index in [1.54, 1.807) is 18.2 Å². The van der Waals surface area contributed by atoms with Crippen molar-refractivity contribution in [2.24, 2.45) is 0 Å².